The lowest BCUT2D eigenvalue weighted by atomic mass is 10.0. The molecular weight excluding hydrogens is 496 g/mol. The SMILES string of the molecule is CCC(CO)CCNc1nc(NCc2cccc(CN(C)C)c2)nc(C)c1-c1nc2ccccc2s1.CO. The molecule has 1 atom stereocenters. The summed E-state index contributed by atoms with van der Waals surface area (Å²) in [5, 5.41) is 24.4. The standard InChI is InChI=1S/C28H36N6OS.CH4O/c1-5-20(18-35)13-14-29-26-25(27-32-23-11-6-7-12-24(23)36-27)19(2)31-28(33-26)30-16-21-9-8-10-22(15-21)17-34(3)4;1-2/h6-12,15,20,35H,5,13-14,16-18H2,1-4H3,(H2,29,30,31,33);2H,1H3. The third-order valence-electron chi connectivity index (χ3n) is 6.22. The van der Waals surface area contributed by atoms with Crippen LogP contribution in [0.4, 0.5) is 11.8 Å². The summed E-state index contributed by atoms with van der Waals surface area (Å²) in [5.41, 5.74) is 5.26. The van der Waals surface area contributed by atoms with Gasteiger partial charge in [0, 0.05) is 33.4 Å². The van der Waals surface area contributed by atoms with Crippen LogP contribution in [-0.4, -0.2) is 64.4 Å². The van der Waals surface area contributed by atoms with Gasteiger partial charge in [-0.15, -0.1) is 11.3 Å². The van der Waals surface area contributed by atoms with E-state index in [1.165, 1.54) is 11.1 Å². The van der Waals surface area contributed by atoms with Crippen molar-refractivity contribution in [3.05, 3.63) is 65.4 Å². The number of aromatic nitrogens is 3. The molecule has 0 spiro atoms. The Morgan fingerprint density at radius 1 is 0.974 bits per heavy atom. The van der Waals surface area contributed by atoms with Crippen LogP contribution in [0.2, 0.25) is 0 Å². The molecule has 0 aliphatic rings. The molecular formula is C29H40N6O2S. The smallest absolute Gasteiger partial charge is 0.225 e. The highest BCUT2D eigenvalue weighted by Crippen LogP contribution is 2.36. The van der Waals surface area contributed by atoms with E-state index in [9.17, 15) is 5.11 Å². The molecule has 0 radical (unpaired) electrons. The summed E-state index contributed by atoms with van der Waals surface area (Å²) in [6.07, 6.45) is 1.82. The Bertz CT molecular complexity index is 1260. The van der Waals surface area contributed by atoms with E-state index in [1.54, 1.807) is 11.3 Å². The molecule has 4 aromatic rings. The van der Waals surface area contributed by atoms with Crippen molar-refractivity contribution in [2.75, 3.05) is 45.0 Å². The van der Waals surface area contributed by atoms with Gasteiger partial charge in [-0.25, -0.2) is 9.97 Å². The summed E-state index contributed by atoms with van der Waals surface area (Å²) in [6.45, 7) is 6.59. The van der Waals surface area contributed by atoms with Crippen molar-refractivity contribution in [2.45, 2.75) is 39.8 Å². The number of aliphatic hydroxyl groups is 2. The number of hydrogen-bond donors (Lipinski definition) is 4. The molecule has 9 heteroatoms. The third kappa shape index (κ3) is 7.94. The predicted molar refractivity (Wildman–Crippen MR) is 159 cm³/mol. The Balaban J connectivity index is 0.00000195. The molecule has 0 bridgehead atoms. The number of aryl methyl sites for hydroxylation is 1. The van der Waals surface area contributed by atoms with Crippen LogP contribution >= 0.6 is 11.3 Å². The molecule has 0 fully saturated rings. The Morgan fingerprint density at radius 2 is 1.74 bits per heavy atom. The molecule has 4 N–H and O–H groups in total. The molecule has 4 rings (SSSR count). The fourth-order valence-corrected chi connectivity index (χ4v) is 5.28. The second kappa shape index (κ2) is 14.7. The molecule has 0 saturated carbocycles. The van der Waals surface area contributed by atoms with Crippen molar-refractivity contribution >= 4 is 33.3 Å². The first kappa shape index (κ1) is 29.4. The predicted octanol–water partition coefficient (Wildman–Crippen LogP) is 5.16. The van der Waals surface area contributed by atoms with E-state index in [4.69, 9.17) is 20.1 Å². The molecule has 0 aliphatic carbocycles. The van der Waals surface area contributed by atoms with E-state index in [0.29, 0.717) is 12.5 Å². The molecule has 0 saturated heterocycles. The van der Waals surface area contributed by atoms with E-state index in [0.717, 1.165) is 65.3 Å². The summed E-state index contributed by atoms with van der Waals surface area (Å²) < 4.78 is 1.14. The Kier molecular flexibility index (Phi) is 11.4. The number of thiazole rings is 1. The van der Waals surface area contributed by atoms with Crippen molar-refractivity contribution in [1.29, 1.82) is 0 Å². The number of hydrogen-bond acceptors (Lipinski definition) is 9. The molecule has 0 aliphatic heterocycles. The maximum Gasteiger partial charge on any atom is 0.225 e. The van der Waals surface area contributed by atoms with E-state index in [2.05, 4.69) is 66.9 Å². The van der Waals surface area contributed by atoms with Gasteiger partial charge in [0.2, 0.25) is 5.95 Å². The van der Waals surface area contributed by atoms with Gasteiger partial charge in [0.15, 0.2) is 0 Å². The molecule has 8 nitrogen and oxygen atoms in total. The van der Waals surface area contributed by atoms with Crippen LogP contribution in [0.3, 0.4) is 0 Å². The van der Waals surface area contributed by atoms with Crippen molar-refractivity contribution in [3.8, 4) is 10.6 Å². The Labute approximate surface area is 229 Å². The monoisotopic (exact) mass is 536 g/mol. The lowest BCUT2D eigenvalue weighted by Crippen LogP contribution is -2.15. The Hall–Kier alpha value is -3.11. The number of nitrogens with one attached hydrogen (secondary N) is 2. The van der Waals surface area contributed by atoms with Crippen LogP contribution in [0.15, 0.2) is 48.5 Å². The summed E-state index contributed by atoms with van der Waals surface area (Å²) in [7, 11) is 5.15. The average Bonchev–Trinajstić information content (AvgIpc) is 3.34. The minimum absolute atomic E-state index is 0.200. The van der Waals surface area contributed by atoms with E-state index >= 15 is 0 Å². The van der Waals surface area contributed by atoms with Crippen molar-refractivity contribution in [2.24, 2.45) is 5.92 Å². The summed E-state index contributed by atoms with van der Waals surface area (Å²) >= 11 is 1.65. The second-order valence-corrected chi connectivity index (χ2v) is 10.5. The van der Waals surface area contributed by atoms with Crippen molar-refractivity contribution in [3.63, 3.8) is 0 Å². The zero-order chi connectivity index (χ0) is 27.5. The highest BCUT2D eigenvalue weighted by molar-refractivity contribution is 7.21. The number of rotatable bonds is 12. The van der Waals surface area contributed by atoms with Crippen LogP contribution < -0.4 is 10.6 Å². The van der Waals surface area contributed by atoms with Gasteiger partial charge >= 0.3 is 0 Å². The molecule has 204 valence electrons. The topological polar surface area (TPSA) is 106 Å². The first-order valence-corrected chi connectivity index (χ1v) is 13.8. The largest absolute Gasteiger partial charge is 0.400 e. The van der Waals surface area contributed by atoms with E-state index in [1.807, 2.05) is 25.1 Å². The van der Waals surface area contributed by atoms with Crippen molar-refractivity contribution < 1.29 is 10.2 Å². The minimum Gasteiger partial charge on any atom is -0.400 e. The molecule has 38 heavy (non-hydrogen) atoms. The number of anilines is 2. The van der Waals surface area contributed by atoms with Gasteiger partial charge in [0.1, 0.15) is 10.8 Å². The fourth-order valence-electron chi connectivity index (χ4n) is 4.22. The summed E-state index contributed by atoms with van der Waals surface area (Å²) in [6, 6.07) is 16.7. The van der Waals surface area contributed by atoms with Gasteiger partial charge in [-0.1, -0.05) is 49.7 Å². The molecule has 2 aromatic heterocycles. The van der Waals surface area contributed by atoms with E-state index < -0.39 is 0 Å². The van der Waals surface area contributed by atoms with Crippen molar-refractivity contribution in [1.82, 2.24) is 19.9 Å². The van der Waals surface area contributed by atoms with Crippen LogP contribution in [-0.2, 0) is 13.1 Å². The zero-order valence-electron chi connectivity index (χ0n) is 23.0. The number of aliphatic hydroxyl groups excluding tert-OH is 2. The molecule has 2 heterocycles. The van der Waals surface area contributed by atoms with Gasteiger partial charge in [0.25, 0.3) is 0 Å². The van der Waals surface area contributed by atoms with E-state index in [-0.39, 0.29) is 12.5 Å². The zero-order valence-corrected chi connectivity index (χ0v) is 23.8. The molecule has 1 unspecified atom stereocenters. The highest BCUT2D eigenvalue weighted by atomic mass is 32.1. The summed E-state index contributed by atoms with van der Waals surface area (Å²) in [5.74, 6) is 1.64. The molecule has 0 amide bonds. The normalized spacial score (nSPS) is 11.8. The second-order valence-electron chi connectivity index (χ2n) is 9.43. The Morgan fingerprint density at radius 3 is 2.45 bits per heavy atom. The summed E-state index contributed by atoms with van der Waals surface area (Å²) in [4.78, 5) is 16.7. The number of benzene rings is 2. The van der Waals surface area contributed by atoms with Crippen LogP contribution in [0.1, 0.15) is 36.6 Å². The number of fused-ring (bicyclic) bond motifs is 1. The third-order valence-corrected chi connectivity index (χ3v) is 7.27. The first-order valence-electron chi connectivity index (χ1n) is 13.0. The number of para-hydroxylation sites is 1. The average molecular weight is 537 g/mol. The quantitative estimate of drug-likeness (QED) is 0.197. The van der Waals surface area contributed by atoms with Crippen LogP contribution in [0.5, 0.6) is 0 Å². The lowest BCUT2D eigenvalue weighted by Gasteiger charge is -2.16. The fraction of sp³-hybridized carbons (Fsp3) is 0.414. The van der Waals surface area contributed by atoms with Crippen LogP contribution in [0.25, 0.3) is 20.8 Å². The van der Waals surface area contributed by atoms with Gasteiger partial charge in [-0.2, -0.15) is 4.98 Å². The maximum absolute atomic E-state index is 9.60. The minimum atomic E-state index is 0.200. The highest BCUT2D eigenvalue weighted by Gasteiger charge is 2.18. The lowest BCUT2D eigenvalue weighted by molar-refractivity contribution is 0.217. The van der Waals surface area contributed by atoms with Gasteiger partial charge < -0.3 is 25.7 Å². The first-order chi connectivity index (χ1) is 18.5. The van der Waals surface area contributed by atoms with Crippen LogP contribution in [0, 0.1) is 12.8 Å². The maximum atomic E-state index is 9.60. The van der Waals surface area contributed by atoms with Gasteiger partial charge in [-0.3, -0.25) is 0 Å². The van der Waals surface area contributed by atoms with Gasteiger partial charge in [0.05, 0.1) is 21.5 Å². The van der Waals surface area contributed by atoms with Gasteiger partial charge in [-0.05, 0) is 56.6 Å². The molecule has 2 aromatic carbocycles. The number of nitrogens with zero attached hydrogens (tertiary/aromatic N) is 4.